The van der Waals surface area contributed by atoms with Gasteiger partial charge in [0.1, 0.15) is 0 Å². The van der Waals surface area contributed by atoms with Crippen molar-refractivity contribution in [2.75, 3.05) is 6.61 Å². The van der Waals surface area contributed by atoms with Gasteiger partial charge in [0.05, 0.1) is 5.60 Å². The maximum Gasteiger partial charge on any atom is 0.0697 e. The number of nitrogens with one attached hydrogen (secondary N) is 1. The average Bonchev–Trinajstić information content (AvgIpc) is 2.16. The van der Waals surface area contributed by atoms with Crippen LogP contribution in [0, 0.1) is 0 Å². The molecule has 2 nitrogen and oxygen atoms in total. The van der Waals surface area contributed by atoms with E-state index in [-0.39, 0.29) is 5.60 Å². The Morgan fingerprint density at radius 1 is 1.57 bits per heavy atom. The van der Waals surface area contributed by atoms with E-state index in [4.69, 9.17) is 4.74 Å². The quantitative estimate of drug-likeness (QED) is 0.697. The van der Waals surface area contributed by atoms with Gasteiger partial charge in [-0.1, -0.05) is 6.08 Å². The molecule has 1 aliphatic carbocycles. The average molecular weight is 195 g/mol. The Bertz CT molecular complexity index is 210. The normalized spacial score (nSPS) is 32.2. The fourth-order valence-corrected chi connectivity index (χ4v) is 2.53. The minimum Gasteiger partial charge on any atom is -0.375 e. The Kier molecular flexibility index (Phi) is 2.93. The molecule has 2 unspecified atom stereocenters. The molecule has 2 fully saturated rings. The van der Waals surface area contributed by atoms with Crippen LogP contribution in [-0.2, 0) is 4.74 Å². The predicted octanol–water partition coefficient (Wildman–Crippen LogP) is 2.25. The lowest BCUT2D eigenvalue weighted by Gasteiger charge is -2.47. The molecular formula is C12H21NO. The van der Waals surface area contributed by atoms with Gasteiger partial charge >= 0.3 is 0 Å². The van der Waals surface area contributed by atoms with Crippen LogP contribution in [0.2, 0.25) is 0 Å². The Labute approximate surface area is 86.7 Å². The SMILES string of the molecule is C=CC(C)NC1CCOC2(CCC2)C1. The lowest BCUT2D eigenvalue weighted by Crippen LogP contribution is -2.52. The van der Waals surface area contributed by atoms with Gasteiger partial charge in [0, 0.05) is 18.7 Å². The van der Waals surface area contributed by atoms with Crippen molar-refractivity contribution in [3.8, 4) is 0 Å². The fourth-order valence-electron chi connectivity index (χ4n) is 2.53. The van der Waals surface area contributed by atoms with E-state index in [1.165, 1.54) is 25.7 Å². The van der Waals surface area contributed by atoms with Gasteiger partial charge < -0.3 is 10.1 Å². The first-order valence-corrected chi connectivity index (χ1v) is 5.77. The minimum atomic E-state index is 0.261. The molecular weight excluding hydrogens is 174 g/mol. The van der Waals surface area contributed by atoms with Crippen molar-refractivity contribution >= 4 is 0 Å². The lowest BCUT2D eigenvalue weighted by molar-refractivity contribution is -0.135. The molecule has 0 amide bonds. The Hall–Kier alpha value is -0.340. The monoisotopic (exact) mass is 195 g/mol. The van der Waals surface area contributed by atoms with Gasteiger partial charge in [-0.05, 0) is 39.0 Å². The molecule has 1 saturated heterocycles. The summed E-state index contributed by atoms with van der Waals surface area (Å²) in [7, 11) is 0. The first-order chi connectivity index (χ1) is 6.74. The summed E-state index contributed by atoms with van der Waals surface area (Å²) < 4.78 is 5.88. The summed E-state index contributed by atoms with van der Waals surface area (Å²) in [6, 6.07) is 1.06. The predicted molar refractivity (Wildman–Crippen MR) is 58.4 cm³/mol. The van der Waals surface area contributed by atoms with Gasteiger partial charge in [0.2, 0.25) is 0 Å². The van der Waals surface area contributed by atoms with E-state index in [1.54, 1.807) is 0 Å². The minimum absolute atomic E-state index is 0.261. The first-order valence-electron chi connectivity index (χ1n) is 5.77. The van der Waals surface area contributed by atoms with Crippen molar-refractivity contribution in [3.63, 3.8) is 0 Å². The van der Waals surface area contributed by atoms with Crippen LogP contribution >= 0.6 is 0 Å². The molecule has 1 spiro atoms. The summed E-state index contributed by atoms with van der Waals surface area (Å²) in [6.07, 6.45) is 8.22. The molecule has 1 heterocycles. The van der Waals surface area contributed by atoms with Crippen LogP contribution in [0.25, 0.3) is 0 Å². The van der Waals surface area contributed by atoms with Crippen LogP contribution in [0.3, 0.4) is 0 Å². The van der Waals surface area contributed by atoms with Gasteiger partial charge in [-0.3, -0.25) is 0 Å². The zero-order valence-electron chi connectivity index (χ0n) is 9.09. The van der Waals surface area contributed by atoms with E-state index in [1.807, 2.05) is 6.08 Å². The van der Waals surface area contributed by atoms with E-state index in [0.29, 0.717) is 12.1 Å². The maximum atomic E-state index is 5.88. The van der Waals surface area contributed by atoms with Crippen molar-refractivity contribution in [1.82, 2.24) is 5.32 Å². The topological polar surface area (TPSA) is 21.3 Å². The Balaban J connectivity index is 1.84. The van der Waals surface area contributed by atoms with Gasteiger partial charge in [-0.25, -0.2) is 0 Å². The first kappa shape index (κ1) is 10.2. The molecule has 2 rings (SSSR count). The zero-order chi connectivity index (χ0) is 10.0. The highest BCUT2D eigenvalue weighted by atomic mass is 16.5. The van der Waals surface area contributed by atoms with Gasteiger partial charge in [0.25, 0.3) is 0 Å². The summed E-state index contributed by atoms with van der Waals surface area (Å²) in [4.78, 5) is 0. The van der Waals surface area contributed by atoms with Crippen molar-refractivity contribution in [1.29, 1.82) is 0 Å². The summed E-state index contributed by atoms with van der Waals surface area (Å²) in [5.41, 5.74) is 0.261. The third kappa shape index (κ3) is 2.01. The largest absolute Gasteiger partial charge is 0.375 e. The Morgan fingerprint density at radius 3 is 2.93 bits per heavy atom. The number of hydrogen-bond donors (Lipinski definition) is 1. The number of ether oxygens (including phenoxy) is 1. The van der Waals surface area contributed by atoms with Crippen molar-refractivity contribution in [2.24, 2.45) is 0 Å². The maximum absolute atomic E-state index is 5.88. The van der Waals surface area contributed by atoms with E-state index in [9.17, 15) is 0 Å². The van der Waals surface area contributed by atoms with Gasteiger partial charge in [0.15, 0.2) is 0 Å². The van der Waals surface area contributed by atoms with Gasteiger partial charge in [-0.2, -0.15) is 0 Å². The molecule has 2 atom stereocenters. The zero-order valence-corrected chi connectivity index (χ0v) is 9.09. The smallest absolute Gasteiger partial charge is 0.0697 e. The van der Waals surface area contributed by atoms with Crippen LogP contribution in [0.5, 0.6) is 0 Å². The van der Waals surface area contributed by atoms with E-state index >= 15 is 0 Å². The van der Waals surface area contributed by atoms with Crippen LogP contribution in [0.4, 0.5) is 0 Å². The van der Waals surface area contributed by atoms with E-state index < -0.39 is 0 Å². The van der Waals surface area contributed by atoms with Crippen molar-refractivity contribution in [3.05, 3.63) is 12.7 Å². The highest BCUT2D eigenvalue weighted by Gasteiger charge is 2.42. The third-order valence-electron chi connectivity index (χ3n) is 3.61. The second-order valence-corrected chi connectivity index (χ2v) is 4.77. The third-order valence-corrected chi connectivity index (χ3v) is 3.61. The summed E-state index contributed by atoms with van der Waals surface area (Å²) in [5, 5.41) is 3.59. The highest BCUT2D eigenvalue weighted by molar-refractivity contribution is 4.97. The standard InChI is InChI=1S/C12H21NO/c1-3-10(2)13-11-5-8-14-12(9-11)6-4-7-12/h3,10-11,13H,1,4-9H2,2H3. The van der Waals surface area contributed by atoms with Crippen LogP contribution < -0.4 is 5.32 Å². The van der Waals surface area contributed by atoms with Crippen molar-refractivity contribution < 1.29 is 4.74 Å². The molecule has 1 N–H and O–H groups in total. The molecule has 1 saturated carbocycles. The summed E-state index contributed by atoms with van der Waals surface area (Å²) in [5.74, 6) is 0. The number of hydrogen-bond acceptors (Lipinski definition) is 2. The summed E-state index contributed by atoms with van der Waals surface area (Å²) >= 11 is 0. The van der Waals surface area contributed by atoms with Crippen LogP contribution in [0.1, 0.15) is 39.0 Å². The second kappa shape index (κ2) is 4.03. The molecule has 1 aliphatic heterocycles. The molecule has 14 heavy (non-hydrogen) atoms. The molecule has 2 heteroatoms. The molecule has 0 aromatic carbocycles. The molecule has 0 aromatic rings. The molecule has 0 aromatic heterocycles. The molecule has 0 radical (unpaired) electrons. The highest BCUT2D eigenvalue weighted by Crippen LogP contribution is 2.42. The fraction of sp³-hybridized carbons (Fsp3) is 0.833. The molecule has 80 valence electrons. The van der Waals surface area contributed by atoms with Gasteiger partial charge in [-0.15, -0.1) is 6.58 Å². The number of rotatable bonds is 3. The van der Waals surface area contributed by atoms with E-state index in [0.717, 1.165) is 13.0 Å². The molecule has 2 aliphatic rings. The lowest BCUT2D eigenvalue weighted by atomic mass is 9.74. The Morgan fingerprint density at radius 2 is 2.36 bits per heavy atom. The summed E-state index contributed by atoms with van der Waals surface area (Å²) in [6.45, 7) is 6.90. The van der Waals surface area contributed by atoms with Crippen LogP contribution in [-0.4, -0.2) is 24.3 Å². The second-order valence-electron chi connectivity index (χ2n) is 4.77. The molecule has 0 bridgehead atoms. The van der Waals surface area contributed by atoms with E-state index in [2.05, 4.69) is 18.8 Å². The van der Waals surface area contributed by atoms with Crippen molar-refractivity contribution in [2.45, 2.75) is 56.7 Å². The van der Waals surface area contributed by atoms with Crippen LogP contribution in [0.15, 0.2) is 12.7 Å².